The van der Waals surface area contributed by atoms with E-state index in [-0.39, 0.29) is 29.0 Å². The van der Waals surface area contributed by atoms with Crippen LogP contribution in [0.1, 0.15) is 11.1 Å². The maximum absolute atomic E-state index is 13.3. The van der Waals surface area contributed by atoms with Gasteiger partial charge in [0.1, 0.15) is 18.1 Å². The van der Waals surface area contributed by atoms with Crippen molar-refractivity contribution in [1.29, 1.82) is 0 Å². The van der Waals surface area contributed by atoms with Gasteiger partial charge in [-0.05, 0) is 47.5 Å². The molecular formula is C27H20F3NO4. The number of para-hydroxylation sites is 1. The van der Waals surface area contributed by atoms with E-state index in [0.717, 1.165) is 17.7 Å². The van der Waals surface area contributed by atoms with Gasteiger partial charge in [0.2, 0.25) is 0 Å². The van der Waals surface area contributed by atoms with E-state index in [4.69, 9.17) is 9.47 Å². The lowest BCUT2D eigenvalue weighted by Crippen LogP contribution is -2.05. The van der Waals surface area contributed by atoms with Crippen LogP contribution in [0.3, 0.4) is 0 Å². The van der Waals surface area contributed by atoms with Crippen molar-refractivity contribution in [3.8, 4) is 33.8 Å². The molecule has 0 saturated carbocycles. The molecule has 0 saturated heterocycles. The molecule has 0 heterocycles. The van der Waals surface area contributed by atoms with Gasteiger partial charge in [-0.25, -0.2) is 0 Å². The first-order valence-electron chi connectivity index (χ1n) is 10.6. The fraction of sp³-hybridized carbons (Fsp3) is 0.111. The second kappa shape index (κ2) is 9.89. The highest BCUT2D eigenvalue weighted by Crippen LogP contribution is 2.44. The quantitative estimate of drug-likeness (QED) is 0.203. The van der Waals surface area contributed by atoms with Gasteiger partial charge in [-0.15, -0.1) is 0 Å². The number of nitro benzene ring substituents is 1. The Morgan fingerprint density at radius 1 is 0.829 bits per heavy atom. The lowest BCUT2D eigenvalue weighted by molar-refractivity contribution is -0.383. The number of ether oxygens (including phenoxy) is 2. The van der Waals surface area contributed by atoms with Gasteiger partial charge >= 0.3 is 6.18 Å². The van der Waals surface area contributed by atoms with Gasteiger partial charge in [0.15, 0.2) is 0 Å². The number of hydrogen-bond donors (Lipinski definition) is 0. The van der Waals surface area contributed by atoms with Crippen molar-refractivity contribution < 1.29 is 27.6 Å². The number of methoxy groups -OCH3 is 1. The van der Waals surface area contributed by atoms with Crippen LogP contribution in [0.25, 0.3) is 22.3 Å². The van der Waals surface area contributed by atoms with Gasteiger partial charge in [0.25, 0.3) is 5.69 Å². The van der Waals surface area contributed by atoms with Crippen LogP contribution in [-0.2, 0) is 12.8 Å². The number of halogens is 3. The Bertz CT molecular complexity index is 1350. The van der Waals surface area contributed by atoms with Crippen LogP contribution in [0, 0.1) is 10.1 Å². The molecule has 4 aromatic carbocycles. The van der Waals surface area contributed by atoms with Gasteiger partial charge < -0.3 is 9.47 Å². The second-order valence-corrected chi connectivity index (χ2v) is 7.67. The fourth-order valence-corrected chi connectivity index (χ4v) is 3.76. The summed E-state index contributed by atoms with van der Waals surface area (Å²) in [5.41, 5.74) is 0.496. The van der Waals surface area contributed by atoms with Crippen LogP contribution < -0.4 is 9.47 Å². The van der Waals surface area contributed by atoms with Crippen molar-refractivity contribution in [2.75, 3.05) is 7.11 Å². The van der Waals surface area contributed by atoms with E-state index in [1.165, 1.54) is 25.3 Å². The molecule has 5 nitrogen and oxygen atoms in total. The van der Waals surface area contributed by atoms with Crippen LogP contribution in [0.2, 0.25) is 0 Å². The molecule has 35 heavy (non-hydrogen) atoms. The minimum Gasteiger partial charge on any atom is -0.497 e. The van der Waals surface area contributed by atoms with Crippen LogP contribution in [0.5, 0.6) is 11.5 Å². The summed E-state index contributed by atoms with van der Waals surface area (Å²) in [6.45, 7) is 0.210. The second-order valence-electron chi connectivity index (χ2n) is 7.67. The average molecular weight is 479 g/mol. The lowest BCUT2D eigenvalue weighted by Gasteiger charge is -2.15. The topological polar surface area (TPSA) is 61.6 Å². The number of nitro groups is 1. The molecule has 0 spiro atoms. The standard InChI is InChI=1S/C27H20F3NO4/c1-34-21-13-14-23(25(16-21)35-17-18-7-3-2-4-8-18)24-12-6-11-22(26(24)31(32)33)19-9-5-10-20(15-19)27(28,29)30/h2-16H,17H2,1H3. The number of hydrogen-bond acceptors (Lipinski definition) is 4. The molecule has 0 fully saturated rings. The highest BCUT2D eigenvalue weighted by molar-refractivity contribution is 5.88. The van der Waals surface area contributed by atoms with Gasteiger partial charge in [0.05, 0.1) is 28.7 Å². The zero-order valence-electron chi connectivity index (χ0n) is 18.6. The maximum atomic E-state index is 13.3. The Kier molecular flexibility index (Phi) is 6.73. The predicted molar refractivity (Wildman–Crippen MR) is 126 cm³/mol. The third-order valence-corrected chi connectivity index (χ3v) is 5.44. The molecule has 0 amide bonds. The molecule has 0 bridgehead atoms. The largest absolute Gasteiger partial charge is 0.497 e. The number of benzene rings is 4. The van der Waals surface area contributed by atoms with E-state index < -0.39 is 16.7 Å². The van der Waals surface area contributed by atoms with E-state index in [2.05, 4.69) is 0 Å². The van der Waals surface area contributed by atoms with E-state index >= 15 is 0 Å². The Labute approximate surface area is 199 Å². The molecule has 8 heteroatoms. The van der Waals surface area contributed by atoms with Gasteiger partial charge in [-0.1, -0.05) is 48.5 Å². The Balaban J connectivity index is 1.84. The van der Waals surface area contributed by atoms with Gasteiger partial charge in [0, 0.05) is 11.6 Å². The highest BCUT2D eigenvalue weighted by Gasteiger charge is 2.31. The van der Waals surface area contributed by atoms with Crippen molar-refractivity contribution >= 4 is 5.69 Å². The summed E-state index contributed by atoms with van der Waals surface area (Å²) in [7, 11) is 1.49. The van der Waals surface area contributed by atoms with Crippen LogP contribution in [0.4, 0.5) is 18.9 Å². The molecule has 0 aromatic heterocycles. The molecule has 0 radical (unpaired) electrons. The van der Waals surface area contributed by atoms with Gasteiger partial charge in [-0.3, -0.25) is 10.1 Å². The Morgan fingerprint density at radius 2 is 1.54 bits per heavy atom. The highest BCUT2D eigenvalue weighted by atomic mass is 19.4. The van der Waals surface area contributed by atoms with E-state index in [9.17, 15) is 23.3 Å². The first-order chi connectivity index (χ1) is 16.8. The molecule has 0 aliphatic heterocycles. The molecule has 0 atom stereocenters. The van der Waals surface area contributed by atoms with Crippen LogP contribution in [-0.4, -0.2) is 12.0 Å². The molecule has 0 unspecified atom stereocenters. The third kappa shape index (κ3) is 5.27. The summed E-state index contributed by atoms with van der Waals surface area (Å²) in [5, 5.41) is 12.2. The molecule has 178 valence electrons. The summed E-state index contributed by atoms with van der Waals surface area (Å²) < 4.78 is 51.1. The molecular weight excluding hydrogens is 459 g/mol. The Morgan fingerprint density at radius 3 is 2.23 bits per heavy atom. The summed E-state index contributed by atoms with van der Waals surface area (Å²) in [6, 6.07) is 23.3. The summed E-state index contributed by atoms with van der Waals surface area (Å²) in [6.07, 6.45) is -4.57. The molecule has 4 rings (SSSR count). The average Bonchev–Trinajstić information content (AvgIpc) is 2.87. The SMILES string of the molecule is COc1ccc(-c2cccc(-c3cccc(C(F)(F)F)c3)c2[N+](=O)[O-])c(OCc2ccccc2)c1. The smallest absolute Gasteiger partial charge is 0.416 e. The fourth-order valence-electron chi connectivity index (χ4n) is 3.76. The number of nitrogens with zero attached hydrogens (tertiary/aromatic N) is 1. The van der Waals surface area contributed by atoms with Crippen molar-refractivity contribution in [2.24, 2.45) is 0 Å². The van der Waals surface area contributed by atoms with Crippen molar-refractivity contribution in [3.63, 3.8) is 0 Å². The van der Waals surface area contributed by atoms with Crippen molar-refractivity contribution in [1.82, 2.24) is 0 Å². The van der Waals surface area contributed by atoms with E-state index in [1.54, 1.807) is 30.3 Å². The first kappa shape index (κ1) is 23.8. The maximum Gasteiger partial charge on any atom is 0.416 e. The zero-order chi connectivity index (χ0) is 25.0. The molecule has 4 aromatic rings. The summed E-state index contributed by atoms with van der Waals surface area (Å²) in [4.78, 5) is 11.6. The number of alkyl halides is 3. The monoisotopic (exact) mass is 479 g/mol. The minimum absolute atomic E-state index is 0.0726. The third-order valence-electron chi connectivity index (χ3n) is 5.44. The molecule has 0 aliphatic rings. The molecule has 0 N–H and O–H groups in total. The number of rotatable bonds is 7. The predicted octanol–water partition coefficient (Wildman–Crippen LogP) is 7.54. The minimum atomic E-state index is -4.57. The van der Waals surface area contributed by atoms with E-state index in [0.29, 0.717) is 17.1 Å². The van der Waals surface area contributed by atoms with Crippen LogP contribution in [0.15, 0.2) is 91.0 Å². The lowest BCUT2D eigenvalue weighted by atomic mass is 9.94. The first-order valence-corrected chi connectivity index (χ1v) is 10.6. The van der Waals surface area contributed by atoms with Crippen molar-refractivity contribution in [3.05, 3.63) is 112 Å². The zero-order valence-corrected chi connectivity index (χ0v) is 18.6. The normalized spacial score (nSPS) is 11.2. The summed E-state index contributed by atoms with van der Waals surface area (Å²) >= 11 is 0. The van der Waals surface area contributed by atoms with Gasteiger partial charge in [-0.2, -0.15) is 13.2 Å². The Hall–Kier alpha value is -4.33. The van der Waals surface area contributed by atoms with E-state index in [1.807, 2.05) is 30.3 Å². The van der Waals surface area contributed by atoms with Crippen molar-refractivity contribution in [2.45, 2.75) is 12.8 Å². The summed E-state index contributed by atoms with van der Waals surface area (Å²) in [5.74, 6) is 0.839. The van der Waals surface area contributed by atoms with Crippen LogP contribution >= 0.6 is 0 Å². The molecule has 0 aliphatic carbocycles.